The highest BCUT2D eigenvalue weighted by molar-refractivity contribution is 4.65. The molecule has 1 saturated heterocycles. The Morgan fingerprint density at radius 2 is 1.90 bits per heavy atom. The van der Waals surface area contributed by atoms with E-state index in [4.69, 9.17) is 0 Å². The summed E-state index contributed by atoms with van der Waals surface area (Å²) >= 11 is 0. The fourth-order valence-electron chi connectivity index (χ4n) is 1.42. The molecule has 1 aliphatic rings. The second-order valence-corrected chi connectivity index (χ2v) is 3.01. The van der Waals surface area contributed by atoms with Gasteiger partial charge in [-0.3, -0.25) is 0 Å². The summed E-state index contributed by atoms with van der Waals surface area (Å²) in [4.78, 5) is 2.41. The molecule has 62 valence electrons. The van der Waals surface area contributed by atoms with Crippen LogP contribution in [0.1, 0.15) is 33.6 Å². The zero-order chi connectivity index (χ0) is 7.98. The predicted molar refractivity (Wildman–Crippen MR) is 47.2 cm³/mol. The molecule has 10 heavy (non-hydrogen) atoms. The van der Waals surface area contributed by atoms with Crippen molar-refractivity contribution in [1.82, 2.24) is 4.90 Å². The number of likely N-dealkylation sites (tertiary alicyclic amines) is 1. The molecule has 1 rings (SSSR count). The number of hydrogen-bond donors (Lipinski definition) is 0. The number of piperidine rings is 1. The third kappa shape index (κ3) is 3.89. The van der Waals surface area contributed by atoms with Crippen LogP contribution < -0.4 is 0 Å². The lowest BCUT2D eigenvalue weighted by Crippen LogP contribution is -2.30. The van der Waals surface area contributed by atoms with Gasteiger partial charge >= 0.3 is 0 Å². The van der Waals surface area contributed by atoms with Gasteiger partial charge in [-0.2, -0.15) is 0 Å². The molecule has 1 fully saturated rings. The minimum Gasteiger partial charge on any atom is -0.306 e. The molecule has 0 aliphatic carbocycles. The van der Waals surface area contributed by atoms with E-state index in [0.29, 0.717) is 0 Å². The van der Waals surface area contributed by atoms with Gasteiger partial charge in [0.1, 0.15) is 0 Å². The molecule has 1 atom stereocenters. The Hall–Kier alpha value is -0.0400. The Labute approximate surface area is 65.4 Å². The Bertz CT molecular complexity index is 63.1. The monoisotopic (exact) mass is 143 g/mol. The summed E-state index contributed by atoms with van der Waals surface area (Å²) < 4.78 is 0. The summed E-state index contributed by atoms with van der Waals surface area (Å²) in [7, 11) is 2.20. The van der Waals surface area contributed by atoms with Crippen molar-refractivity contribution in [3.8, 4) is 0 Å². The van der Waals surface area contributed by atoms with Crippen molar-refractivity contribution in [3.63, 3.8) is 0 Å². The van der Waals surface area contributed by atoms with Crippen LogP contribution in [0.25, 0.3) is 0 Å². The molecular weight excluding hydrogens is 122 g/mol. The van der Waals surface area contributed by atoms with Crippen molar-refractivity contribution < 1.29 is 0 Å². The Morgan fingerprint density at radius 3 is 2.20 bits per heavy atom. The number of rotatable bonds is 0. The van der Waals surface area contributed by atoms with E-state index in [1.165, 1.54) is 25.9 Å². The van der Waals surface area contributed by atoms with Gasteiger partial charge in [0.25, 0.3) is 0 Å². The van der Waals surface area contributed by atoms with E-state index in [2.05, 4.69) is 18.9 Å². The van der Waals surface area contributed by atoms with Crippen molar-refractivity contribution in [2.24, 2.45) is 5.92 Å². The molecule has 1 heteroatoms. The first-order chi connectivity index (χ1) is 4.79. The van der Waals surface area contributed by atoms with E-state index in [-0.39, 0.29) is 0 Å². The largest absolute Gasteiger partial charge is 0.306 e. The van der Waals surface area contributed by atoms with Crippen LogP contribution in [0, 0.1) is 5.92 Å². The summed E-state index contributed by atoms with van der Waals surface area (Å²) in [6, 6.07) is 0. The summed E-state index contributed by atoms with van der Waals surface area (Å²) in [5.41, 5.74) is 0. The van der Waals surface area contributed by atoms with Crippen molar-refractivity contribution in [3.05, 3.63) is 0 Å². The summed E-state index contributed by atoms with van der Waals surface area (Å²) in [5, 5.41) is 0. The average Bonchev–Trinajstić information content (AvgIpc) is 1.91. The van der Waals surface area contributed by atoms with Crippen LogP contribution in [0.4, 0.5) is 0 Å². The fraction of sp³-hybridized carbons (Fsp3) is 1.00. The van der Waals surface area contributed by atoms with Crippen LogP contribution in [0.3, 0.4) is 0 Å². The minimum atomic E-state index is 0.939. The first-order valence-corrected chi connectivity index (χ1v) is 4.47. The first kappa shape index (κ1) is 9.96. The van der Waals surface area contributed by atoms with Crippen molar-refractivity contribution in [1.29, 1.82) is 0 Å². The molecule has 0 aromatic carbocycles. The molecule has 1 nitrogen and oxygen atoms in total. The van der Waals surface area contributed by atoms with Crippen molar-refractivity contribution in [2.45, 2.75) is 33.6 Å². The van der Waals surface area contributed by atoms with Gasteiger partial charge < -0.3 is 4.90 Å². The van der Waals surface area contributed by atoms with Crippen LogP contribution in [-0.2, 0) is 0 Å². The van der Waals surface area contributed by atoms with Gasteiger partial charge in [-0.05, 0) is 32.4 Å². The zero-order valence-corrected chi connectivity index (χ0v) is 7.85. The summed E-state index contributed by atoms with van der Waals surface area (Å²) in [6.07, 6.45) is 2.84. The SMILES string of the molecule is CC.C[C@@H]1CCCN(C)C1. The lowest BCUT2D eigenvalue weighted by Gasteiger charge is -2.26. The molecule has 0 radical (unpaired) electrons. The quantitative estimate of drug-likeness (QED) is 0.503. The van der Waals surface area contributed by atoms with Gasteiger partial charge in [0.05, 0.1) is 0 Å². The highest BCUT2D eigenvalue weighted by Gasteiger charge is 2.11. The van der Waals surface area contributed by atoms with Gasteiger partial charge in [-0.15, -0.1) is 0 Å². The Kier molecular flexibility index (Phi) is 5.70. The molecule has 0 aromatic rings. The smallest absolute Gasteiger partial charge is 0.000398 e. The van der Waals surface area contributed by atoms with Crippen LogP contribution in [0.15, 0.2) is 0 Å². The highest BCUT2D eigenvalue weighted by atomic mass is 15.1. The highest BCUT2D eigenvalue weighted by Crippen LogP contribution is 2.12. The van der Waals surface area contributed by atoms with E-state index in [1.54, 1.807) is 0 Å². The summed E-state index contributed by atoms with van der Waals surface area (Å²) in [5.74, 6) is 0.939. The third-order valence-corrected chi connectivity index (χ3v) is 1.86. The topological polar surface area (TPSA) is 3.24 Å². The fourth-order valence-corrected chi connectivity index (χ4v) is 1.42. The normalized spacial score (nSPS) is 27.0. The van der Waals surface area contributed by atoms with Crippen LogP contribution in [-0.4, -0.2) is 25.0 Å². The van der Waals surface area contributed by atoms with Gasteiger partial charge in [-0.1, -0.05) is 20.8 Å². The molecule has 0 N–H and O–H groups in total. The molecule has 1 aliphatic heterocycles. The third-order valence-electron chi connectivity index (χ3n) is 1.86. The molecule has 0 amide bonds. The maximum Gasteiger partial charge on any atom is 0.000398 e. The Morgan fingerprint density at radius 1 is 1.30 bits per heavy atom. The maximum atomic E-state index is 2.41. The molecule has 1 heterocycles. The van der Waals surface area contributed by atoms with Crippen LogP contribution >= 0.6 is 0 Å². The molecule has 0 saturated carbocycles. The second-order valence-electron chi connectivity index (χ2n) is 3.01. The lowest BCUT2D eigenvalue weighted by molar-refractivity contribution is 0.221. The number of nitrogens with zero attached hydrogens (tertiary/aromatic N) is 1. The second kappa shape index (κ2) is 5.72. The van der Waals surface area contributed by atoms with E-state index in [0.717, 1.165) is 5.92 Å². The van der Waals surface area contributed by atoms with Crippen molar-refractivity contribution >= 4 is 0 Å². The van der Waals surface area contributed by atoms with Gasteiger partial charge in [0.2, 0.25) is 0 Å². The summed E-state index contributed by atoms with van der Waals surface area (Å²) in [6.45, 7) is 8.94. The predicted octanol–water partition coefficient (Wildman–Crippen LogP) is 2.37. The van der Waals surface area contributed by atoms with Crippen LogP contribution in [0.5, 0.6) is 0 Å². The first-order valence-electron chi connectivity index (χ1n) is 4.47. The maximum absolute atomic E-state index is 2.41. The van der Waals surface area contributed by atoms with Gasteiger partial charge in [0, 0.05) is 6.54 Å². The van der Waals surface area contributed by atoms with Crippen LogP contribution in [0.2, 0.25) is 0 Å². The van der Waals surface area contributed by atoms with Gasteiger partial charge in [0.15, 0.2) is 0 Å². The molecular formula is C9H21N. The van der Waals surface area contributed by atoms with Gasteiger partial charge in [-0.25, -0.2) is 0 Å². The zero-order valence-electron chi connectivity index (χ0n) is 7.85. The van der Waals surface area contributed by atoms with E-state index in [1.807, 2.05) is 13.8 Å². The van der Waals surface area contributed by atoms with E-state index in [9.17, 15) is 0 Å². The minimum absolute atomic E-state index is 0.939. The van der Waals surface area contributed by atoms with Crippen molar-refractivity contribution in [2.75, 3.05) is 20.1 Å². The Balaban J connectivity index is 0.000000371. The van der Waals surface area contributed by atoms with E-state index < -0.39 is 0 Å². The molecule has 0 spiro atoms. The molecule has 0 unspecified atom stereocenters. The number of hydrogen-bond acceptors (Lipinski definition) is 1. The lowest BCUT2D eigenvalue weighted by atomic mass is 10.0. The molecule has 0 aromatic heterocycles. The standard InChI is InChI=1S/C7H15N.C2H6/c1-7-4-3-5-8(2)6-7;1-2/h7H,3-6H2,1-2H3;1-2H3/t7-;/m1./s1. The van der Waals surface area contributed by atoms with E-state index >= 15 is 0 Å². The average molecular weight is 143 g/mol. The molecule has 0 bridgehead atoms.